The topological polar surface area (TPSA) is 94.1 Å². The standard InChI is InChI=1S/C28H36N4O4/c1-20-3-9-25-28(21(20)2)24(18-29-25)17-27(34)32(12-11-31-13-15-36-16-14-31)19-23-6-4-22(5-7-23)8-10-26(33)30-35/h3-10,18,21,28-29,35H,11-17,19H2,1-2H3,(H,30,33)/b10-8+. The van der Waals surface area contributed by atoms with Crippen LogP contribution < -0.4 is 10.8 Å². The van der Waals surface area contributed by atoms with Gasteiger partial charge in [0.1, 0.15) is 0 Å². The first-order valence-electron chi connectivity index (χ1n) is 12.6. The summed E-state index contributed by atoms with van der Waals surface area (Å²) in [6.45, 7) is 9.61. The molecular formula is C28H36N4O4. The van der Waals surface area contributed by atoms with Crippen LogP contribution in [0.3, 0.4) is 0 Å². The molecule has 1 aliphatic carbocycles. The van der Waals surface area contributed by atoms with Crippen molar-refractivity contribution >= 4 is 17.9 Å². The number of allylic oxidation sites excluding steroid dienone is 4. The number of hydrogen-bond donors (Lipinski definition) is 3. The average Bonchev–Trinajstić information content (AvgIpc) is 3.31. The fraction of sp³-hybridized carbons (Fsp3) is 0.429. The van der Waals surface area contributed by atoms with Gasteiger partial charge in [-0.25, -0.2) is 5.48 Å². The highest BCUT2D eigenvalue weighted by molar-refractivity contribution is 5.90. The second kappa shape index (κ2) is 12.2. The van der Waals surface area contributed by atoms with Gasteiger partial charge in [-0.05, 0) is 41.7 Å². The van der Waals surface area contributed by atoms with Crippen LogP contribution in [-0.4, -0.2) is 66.2 Å². The molecule has 8 heteroatoms. The van der Waals surface area contributed by atoms with Crippen molar-refractivity contribution in [3.8, 4) is 0 Å². The Morgan fingerprint density at radius 2 is 1.97 bits per heavy atom. The molecular weight excluding hydrogens is 456 g/mol. The van der Waals surface area contributed by atoms with Gasteiger partial charge in [-0.1, -0.05) is 42.8 Å². The summed E-state index contributed by atoms with van der Waals surface area (Å²) >= 11 is 0. The summed E-state index contributed by atoms with van der Waals surface area (Å²) in [7, 11) is 0. The van der Waals surface area contributed by atoms with Crippen molar-refractivity contribution in [2.24, 2.45) is 11.8 Å². The summed E-state index contributed by atoms with van der Waals surface area (Å²) in [5, 5.41) is 12.0. The number of morpholine rings is 1. The van der Waals surface area contributed by atoms with E-state index in [9.17, 15) is 9.59 Å². The summed E-state index contributed by atoms with van der Waals surface area (Å²) in [5.41, 5.74) is 7.10. The lowest BCUT2D eigenvalue weighted by atomic mass is 9.78. The Bertz CT molecular complexity index is 1070. The van der Waals surface area contributed by atoms with E-state index in [0.717, 1.165) is 49.5 Å². The average molecular weight is 493 g/mol. The maximum Gasteiger partial charge on any atom is 0.267 e. The number of ether oxygens (including phenoxy) is 1. The van der Waals surface area contributed by atoms with Gasteiger partial charge in [-0.15, -0.1) is 0 Å². The molecule has 1 fully saturated rings. The Labute approximate surface area is 212 Å². The van der Waals surface area contributed by atoms with Gasteiger partial charge in [0.05, 0.1) is 19.6 Å². The van der Waals surface area contributed by atoms with E-state index in [-0.39, 0.29) is 11.8 Å². The fourth-order valence-corrected chi connectivity index (χ4v) is 4.92. The highest BCUT2D eigenvalue weighted by Crippen LogP contribution is 2.39. The Hall–Kier alpha value is -3.20. The number of benzene rings is 1. The van der Waals surface area contributed by atoms with Gasteiger partial charge in [0.25, 0.3) is 5.91 Å². The zero-order valence-electron chi connectivity index (χ0n) is 21.1. The first kappa shape index (κ1) is 25.9. The molecule has 2 amide bonds. The van der Waals surface area contributed by atoms with E-state index in [1.807, 2.05) is 35.4 Å². The maximum absolute atomic E-state index is 13.6. The third kappa shape index (κ3) is 6.51. The predicted octanol–water partition coefficient (Wildman–Crippen LogP) is 2.84. The monoisotopic (exact) mass is 492 g/mol. The second-order valence-electron chi connectivity index (χ2n) is 9.66. The number of fused-ring (bicyclic) bond motifs is 1. The summed E-state index contributed by atoms with van der Waals surface area (Å²) in [6.07, 6.45) is 9.59. The van der Waals surface area contributed by atoms with Gasteiger partial charge in [0.15, 0.2) is 0 Å². The van der Waals surface area contributed by atoms with Crippen molar-refractivity contribution in [3.05, 3.63) is 76.7 Å². The molecule has 36 heavy (non-hydrogen) atoms. The molecule has 0 spiro atoms. The maximum atomic E-state index is 13.6. The Balaban J connectivity index is 1.44. The molecule has 1 saturated heterocycles. The van der Waals surface area contributed by atoms with Crippen LogP contribution in [0.15, 0.2) is 65.5 Å². The van der Waals surface area contributed by atoms with Crippen molar-refractivity contribution in [1.82, 2.24) is 20.6 Å². The molecule has 2 atom stereocenters. The van der Waals surface area contributed by atoms with Crippen LogP contribution in [0, 0.1) is 11.8 Å². The van der Waals surface area contributed by atoms with E-state index >= 15 is 0 Å². The van der Waals surface area contributed by atoms with Crippen molar-refractivity contribution in [1.29, 1.82) is 0 Å². The highest BCUT2D eigenvalue weighted by atomic mass is 16.5. The number of hydrogen-bond acceptors (Lipinski definition) is 6. The van der Waals surface area contributed by atoms with Gasteiger partial charge < -0.3 is 15.0 Å². The molecule has 192 valence electrons. The van der Waals surface area contributed by atoms with Gasteiger partial charge in [-0.2, -0.15) is 0 Å². The van der Waals surface area contributed by atoms with Crippen molar-refractivity contribution in [2.75, 3.05) is 39.4 Å². The molecule has 3 N–H and O–H groups in total. The first-order chi connectivity index (χ1) is 17.4. The minimum Gasteiger partial charge on any atom is -0.379 e. The van der Waals surface area contributed by atoms with Crippen LogP contribution in [-0.2, 0) is 20.9 Å². The SMILES string of the molecule is CC1=CC=C2NC=C(CC(=O)N(CCN3CCOCC3)Cc3ccc(/C=C/C(=O)NO)cc3)C2C1C. The number of carbonyl (C=O) groups excluding carboxylic acids is 2. The lowest BCUT2D eigenvalue weighted by Gasteiger charge is -2.31. The van der Waals surface area contributed by atoms with E-state index < -0.39 is 5.91 Å². The quantitative estimate of drug-likeness (QED) is 0.279. The lowest BCUT2D eigenvalue weighted by molar-refractivity contribution is -0.131. The zero-order valence-corrected chi connectivity index (χ0v) is 21.1. The number of nitrogens with one attached hydrogen (secondary N) is 2. The molecule has 3 aliphatic rings. The number of nitrogens with zero attached hydrogens (tertiary/aromatic N) is 2. The van der Waals surface area contributed by atoms with Crippen LogP contribution in [0.4, 0.5) is 0 Å². The lowest BCUT2D eigenvalue weighted by Crippen LogP contribution is -2.43. The van der Waals surface area contributed by atoms with Gasteiger partial charge >= 0.3 is 0 Å². The third-order valence-electron chi connectivity index (χ3n) is 7.29. The van der Waals surface area contributed by atoms with Crippen LogP contribution in [0.25, 0.3) is 6.08 Å². The summed E-state index contributed by atoms with van der Waals surface area (Å²) in [5.74, 6) is 0.155. The van der Waals surface area contributed by atoms with Crippen molar-refractivity contribution in [3.63, 3.8) is 0 Å². The second-order valence-corrected chi connectivity index (χ2v) is 9.66. The normalized spacial score (nSPS) is 21.8. The Morgan fingerprint density at radius 3 is 2.69 bits per heavy atom. The van der Waals surface area contributed by atoms with Gasteiger partial charge in [-0.3, -0.25) is 19.7 Å². The van der Waals surface area contributed by atoms with E-state index in [1.54, 1.807) is 11.6 Å². The molecule has 2 heterocycles. The Kier molecular flexibility index (Phi) is 8.74. The molecule has 0 radical (unpaired) electrons. The van der Waals surface area contributed by atoms with E-state index in [0.29, 0.717) is 25.4 Å². The van der Waals surface area contributed by atoms with E-state index in [1.165, 1.54) is 17.3 Å². The minimum atomic E-state index is -0.578. The third-order valence-corrected chi connectivity index (χ3v) is 7.29. The smallest absolute Gasteiger partial charge is 0.267 e. The number of rotatable bonds is 9. The number of hydroxylamine groups is 1. The molecule has 0 bridgehead atoms. The van der Waals surface area contributed by atoms with Crippen LogP contribution in [0.1, 0.15) is 31.4 Å². The summed E-state index contributed by atoms with van der Waals surface area (Å²) < 4.78 is 5.47. The van der Waals surface area contributed by atoms with E-state index in [4.69, 9.17) is 9.94 Å². The molecule has 1 aromatic carbocycles. The Morgan fingerprint density at radius 1 is 1.22 bits per heavy atom. The van der Waals surface area contributed by atoms with Crippen LogP contribution >= 0.6 is 0 Å². The van der Waals surface area contributed by atoms with Crippen molar-refractivity contribution in [2.45, 2.75) is 26.8 Å². The minimum absolute atomic E-state index is 0.126. The molecule has 2 aliphatic heterocycles. The molecule has 2 unspecified atom stereocenters. The van der Waals surface area contributed by atoms with Crippen LogP contribution in [0.2, 0.25) is 0 Å². The van der Waals surface area contributed by atoms with Gasteiger partial charge in [0, 0.05) is 56.6 Å². The fourth-order valence-electron chi connectivity index (χ4n) is 4.92. The number of carbonyl (C=O) groups is 2. The predicted molar refractivity (Wildman–Crippen MR) is 138 cm³/mol. The number of amides is 2. The van der Waals surface area contributed by atoms with E-state index in [2.05, 4.69) is 36.2 Å². The molecule has 4 rings (SSSR count). The zero-order chi connectivity index (χ0) is 25.5. The molecule has 0 aromatic heterocycles. The van der Waals surface area contributed by atoms with Crippen LogP contribution in [0.5, 0.6) is 0 Å². The first-order valence-corrected chi connectivity index (χ1v) is 12.6. The van der Waals surface area contributed by atoms with Crippen molar-refractivity contribution < 1.29 is 19.5 Å². The highest BCUT2D eigenvalue weighted by Gasteiger charge is 2.33. The molecule has 8 nitrogen and oxygen atoms in total. The largest absolute Gasteiger partial charge is 0.379 e. The molecule has 0 saturated carbocycles. The summed E-state index contributed by atoms with van der Waals surface area (Å²) in [6, 6.07) is 7.75. The molecule has 1 aromatic rings. The van der Waals surface area contributed by atoms with Gasteiger partial charge in [0.2, 0.25) is 5.91 Å². The summed E-state index contributed by atoms with van der Waals surface area (Å²) in [4.78, 5) is 29.1.